The van der Waals surface area contributed by atoms with Crippen LogP contribution in [-0.2, 0) is 17.8 Å². The zero-order valence-corrected chi connectivity index (χ0v) is 33.7. The Balaban J connectivity index is 1.05. The van der Waals surface area contributed by atoms with E-state index in [9.17, 15) is 24.6 Å². The van der Waals surface area contributed by atoms with Gasteiger partial charge in [0.2, 0.25) is 5.91 Å². The van der Waals surface area contributed by atoms with E-state index in [0.29, 0.717) is 48.1 Å². The molecule has 0 radical (unpaired) electrons. The van der Waals surface area contributed by atoms with E-state index in [1.807, 2.05) is 18.2 Å². The first-order valence-electron chi connectivity index (χ1n) is 20.3. The number of thiophene rings is 1. The quantitative estimate of drug-likeness (QED) is 0.192. The predicted molar refractivity (Wildman–Crippen MR) is 211 cm³/mol. The van der Waals surface area contributed by atoms with Crippen LogP contribution in [0.5, 0.6) is 0 Å². The van der Waals surface area contributed by atoms with Crippen molar-refractivity contribution >= 4 is 29.1 Å². The Morgan fingerprint density at radius 2 is 1.64 bits per heavy atom. The SMILES string of the molecule is C=C(C)[C@@H]1CC[C@]2(C(=O)NCCc3cccc(C(=O)NCc4ccc(C(=O)O)s4)c3)CC[C@]3(C)C(CCC4[C@@]5(C)CC[C@H](O)C(C)(C)C5CC[C@]43C)C12. The van der Waals surface area contributed by atoms with Crippen LogP contribution >= 0.6 is 11.3 Å². The number of aliphatic hydroxyl groups excluding tert-OH is 1. The lowest BCUT2D eigenvalue weighted by Crippen LogP contribution is -2.67. The fraction of sp³-hybridized carbons (Fsp3) is 0.667. The van der Waals surface area contributed by atoms with Crippen LogP contribution in [0.25, 0.3) is 0 Å². The van der Waals surface area contributed by atoms with Gasteiger partial charge in [-0.2, -0.15) is 0 Å². The highest BCUT2D eigenvalue weighted by atomic mass is 32.1. The number of carbonyl (C=O) groups is 3. The van der Waals surface area contributed by atoms with Gasteiger partial charge >= 0.3 is 5.97 Å². The van der Waals surface area contributed by atoms with Crippen molar-refractivity contribution in [1.82, 2.24) is 10.6 Å². The molecule has 0 saturated heterocycles. The summed E-state index contributed by atoms with van der Waals surface area (Å²) in [6, 6.07) is 10.8. The number of rotatable bonds is 9. The molecular weight excluding hydrogens is 681 g/mol. The highest BCUT2D eigenvalue weighted by Gasteiger charge is 2.71. The van der Waals surface area contributed by atoms with Crippen LogP contribution in [0.15, 0.2) is 48.6 Å². The summed E-state index contributed by atoms with van der Waals surface area (Å²) < 4.78 is 0. The zero-order chi connectivity index (χ0) is 38.1. The van der Waals surface area contributed by atoms with E-state index in [-0.39, 0.29) is 56.4 Å². The first-order chi connectivity index (χ1) is 25.0. The molecule has 2 aromatic rings. The van der Waals surface area contributed by atoms with Gasteiger partial charge < -0.3 is 20.8 Å². The molecule has 1 aromatic carbocycles. The third-order valence-corrected chi connectivity index (χ3v) is 17.8. The predicted octanol–water partition coefficient (Wildman–Crippen LogP) is 9.05. The maximum Gasteiger partial charge on any atom is 0.345 e. The van der Waals surface area contributed by atoms with Gasteiger partial charge in [0.15, 0.2) is 0 Å². The van der Waals surface area contributed by atoms with E-state index < -0.39 is 5.97 Å². The summed E-state index contributed by atoms with van der Waals surface area (Å²) in [5.74, 6) is 1.35. The fourth-order valence-electron chi connectivity index (χ4n) is 13.7. The number of nitrogens with one attached hydrogen (secondary N) is 2. The van der Waals surface area contributed by atoms with Crippen molar-refractivity contribution in [3.63, 3.8) is 0 Å². The molecule has 53 heavy (non-hydrogen) atoms. The molecule has 5 saturated carbocycles. The number of hydrogen-bond donors (Lipinski definition) is 4. The number of hydrogen-bond acceptors (Lipinski definition) is 5. The molecule has 1 heterocycles. The molecule has 5 fully saturated rings. The summed E-state index contributed by atoms with van der Waals surface area (Å²) in [5, 5.41) is 26.6. The van der Waals surface area contributed by atoms with Crippen LogP contribution in [0.1, 0.15) is 136 Å². The summed E-state index contributed by atoms with van der Waals surface area (Å²) in [4.78, 5) is 39.8. The van der Waals surface area contributed by atoms with Crippen molar-refractivity contribution in [2.24, 2.45) is 56.7 Å². The zero-order valence-electron chi connectivity index (χ0n) is 32.9. The minimum atomic E-state index is -0.965. The van der Waals surface area contributed by atoms with Gasteiger partial charge in [0.25, 0.3) is 5.91 Å². The molecular formula is C45H62N2O5S. The molecule has 4 N–H and O–H groups in total. The Labute approximate surface area is 320 Å². The molecule has 7 nitrogen and oxygen atoms in total. The van der Waals surface area contributed by atoms with E-state index in [1.54, 1.807) is 18.2 Å². The summed E-state index contributed by atoms with van der Waals surface area (Å²) in [6.45, 7) is 20.0. The maximum atomic E-state index is 14.6. The summed E-state index contributed by atoms with van der Waals surface area (Å²) in [7, 11) is 0. The van der Waals surface area contributed by atoms with Gasteiger partial charge in [-0.15, -0.1) is 11.3 Å². The maximum absolute atomic E-state index is 14.6. The minimum absolute atomic E-state index is 0.0597. The number of carbonyl (C=O) groups excluding carboxylic acids is 2. The highest BCUT2D eigenvalue weighted by molar-refractivity contribution is 7.13. The third kappa shape index (κ3) is 6.04. The van der Waals surface area contributed by atoms with Crippen LogP contribution in [-0.4, -0.2) is 40.6 Å². The highest BCUT2D eigenvalue weighted by Crippen LogP contribution is 2.77. The molecule has 10 atom stereocenters. The number of aromatic carboxylic acids is 1. The summed E-state index contributed by atoms with van der Waals surface area (Å²) >= 11 is 1.16. The van der Waals surface area contributed by atoms with Crippen molar-refractivity contribution in [2.75, 3.05) is 6.54 Å². The van der Waals surface area contributed by atoms with Gasteiger partial charge in [-0.05, 0) is 159 Å². The molecule has 8 heteroatoms. The standard InChI is InChI=1S/C45H62N2O5S/c1-27(2)31-15-21-45(40(52)46-24-18-28-9-8-10-29(25-28)38(49)47-26-30-11-13-33(53-30)39(50)51)23-22-43(6)32(37(31)45)12-14-35-42(5)19-17-36(48)41(3,4)34(42)16-20-44(35,43)7/h8-11,13,25,31-32,34-37,48H,1,12,14-24,26H2,2-7H3,(H,46,52)(H,47,49)(H,50,51)/t31-,32?,34?,35?,36-,37?,42-,43+,44+,45-/m0/s1. The van der Waals surface area contributed by atoms with Crippen LogP contribution in [0.3, 0.4) is 0 Å². The molecule has 1 aromatic heterocycles. The molecule has 0 aliphatic heterocycles. The average molecular weight is 743 g/mol. The Bertz CT molecular complexity index is 1780. The number of carboxylic acid groups (broad SMARTS) is 1. The first kappa shape index (κ1) is 38.3. The molecule has 5 aliphatic carbocycles. The van der Waals surface area contributed by atoms with Gasteiger partial charge in [-0.3, -0.25) is 9.59 Å². The number of allylic oxidation sites excluding steroid dienone is 1. The van der Waals surface area contributed by atoms with Crippen LogP contribution < -0.4 is 10.6 Å². The Morgan fingerprint density at radius 3 is 2.36 bits per heavy atom. The van der Waals surface area contributed by atoms with Crippen LogP contribution in [0.2, 0.25) is 0 Å². The minimum Gasteiger partial charge on any atom is -0.477 e. The van der Waals surface area contributed by atoms with Gasteiger partial charge in [-0.1, -0.05) is 58.9 Å². The van der Waals surface area contributed by atoms with Gasteiger partial charge in [0.05, 0.1) is 18.1 Å². The number of carboxylic acids is 1. The van der Waals surface area contributed by atoms with Crippen molar-refractivity contribution in [1.29, 1.82) is 0 Å². The van der Waals surface area contributed by atoms with Gasteiger partial charge in [-0.25, -0.2) is 4.79 Å². The number of benzene rings is 1. The van der Waals surface area contributed by atoms with E-state index >= 15 is 0 Å². The van der Waals surface area contributed by atoms with E-state index in [4.69, 9.17) is 0 Å². The summed E-state index contributed by atoms with van der Waals surface area (Å²) in [6.07, 6.45) is 11.2. The van der Waals surface area contributed by atoms with Crippen LogP contribution in [0.4, 0.5) is 0 Å². The van der Waals surface area contributed by atoms with Gasteiger partial charge in [0.1, 0.15) is 4.88 Å². The van der Waals surface area contributed by atoms with Crippen molar-refractivity contribution in [2.45, 2.75) is 125 Å². The largest absolute Gasteiger partial charge is 0.477 e. The van der Waals surface area contributed by atoms with Crippen molar-refractivity contribution < 1.29 is 24.6 Å². The average Bonchev–Trinajstić information content (AvgIpc) is 3.76. The first-order valence-corrected chi connectivity index (χ1v) is 21.1. The monoisotopic (exact) mass is 742 g/mol. The van der Waals surface area contributed by atoms with Crippen molar-refractivity contribution in [3.8, 4) is 0 Å². The molecule has 0 spiro atoms. The second kappa shape index (κ2) is 13.6. The fourth-order valence-corrected chi connectivity index (χ4v) is 14.5. The number of aliphatic hydroxyl groups is 1. The number of fused-ring (bicyclic) bond motifs is 7. The smallest absolute Gasteiger partial charge is 0.345 e. The normalized spacial score (nSPS) is 38.4. The Hall–Kier alpha value is -2.97. The molecule has 0 bridgehead atoms. The summed E-state index contributed by atoms with van der Waals surface area (Å²) in [5.41, 5.74) is 2.92. The Kier molecular flexibility index (Phi) is 9.87. The molecule has 5 aliphatic rings. The lowest BCUT2D eigenvalue weighted by atomic mass is 9.32. The van der Waals surface area contributed by atoms with E-state index in [2.05, 4.69) is 58.8 Å². The number of amides is 2. The molecule has 2 amide bonds. The van der Waals surface area contributed by atoms with Crippen molar-refractivity contribution in [3.05, 3.63) is 69.4 Å². The molecule has 288 valence electrons. The second-order valence-corrected chi connectivity index (χ2v) is 20.3. The lowest BCUT2D eigenvalue weighted by molar-refractivity contribution is -0.246. The molecule has 4 unspecified atom stereocenters. The Morgan fingerprint density at radius 1 is 0.868 bits per heavy atom. The van der Waals surface area contributed by atoms with Crippen LogP contribution in [0, 0.1) is 56.7 Å². The van der Waals surface area contributed by atoms with Gasteiger partial charge in [0, 0.05) is 17.0 Å². The third-order valence-electron chi connectivity index (χ3n) is 16.7. The topological polar surface area (TPSA) is 116 Å². The lowest BCUT2D eigenvalue weighted by Gasteiger charge is -2.72. The molecule has 7 rings (SSSR count). The van der Waals surface area contributed by atoms with E-state index in [1.165, 1.54) is 31.3 Å². The van der Waals surface area contributed by atoms with E-state index in [0.717, 1.165) is 60.3 Å². The second-order valence-electron chi connectivity index (χ2n) is 19.2.